The van der Waals surface area contributed by atoms with Crippen LogP contribution in [-0.4, -0.2) is 44.3 Å². The molecule has 0 aliphatic heterocycles. The van der Waals surface area contributed by atoms with Gasteiger partial charge in [0, 0.05) is 0 Å². The molecule has 8 heteroatoms. The lowest BCUT2D eigenvalue weighted by atomic mass is 10.0. The summed E-state index contributed by atoms with van der Waals surface area (Å²) in [6, 6.07) is 13.0. The number of rotatable bonds is 9. The Balaban J connectivity index is 1.92. The van der Waals surface area contributed by atoms with Crippen molar-refractivity contribution in [2.75, 3.05) is 14.2 Å². The average molecular weight is 425 g/mol. The summed E-state index contributed by atoms with van der Waals surface area (Å²) in [7, 11) is 2.89. The molecular weight excluding hydrogens is 398 g/mol. The van der Waals surface area contributed by atoms with E-state index in [4.69, 9.17) is 4.74 Å². The molecule has 0 saturated carbocycles. The first-order valence-electron chi connectivity index (χ1n) is 9.77. The zero-order chi connectivity index (χ0) is 22.8. The van der Waals surface area contributed by atoms with Crippen LogP contribution in [0.2, 0.25) is 0 Å². The van der Waals surface area contributed by atoms with Crippen molar-refractivity contribution in [3.05, 3.63) is 65.2 Å². The molecule has 164 valence electrons. The van der Waals surface area contributed by atoms with Crippen molar-refractivity contribution in [3.63, 3.8) is 0 Å². The lowest BCUT2D eigenvalue weighted by Gasteiger charge is -2.20. The van der Waals surface area contributed by atoms with Gasteiger partial charge in [-0.15, -0.1) is 0 Å². The Hall–Kier alpha value is -3.68. The predicted octanol–water partition coefficient (Wildman–Crippen LogP) is 2.32. The summed E-state index contributed by atoms with van der Waals surface area (Å²) in [6.45, 7) is 3.68. The van der Waals surface area contributed by atoms with Crippen LogP contribution in [0.15, 0.2) is 53.6 Å². The number of nitrogens with one attached hydrogen (secondary N) is 2. The van der Waals surface area contributed by atoms with Gasteiger partial charge in [-0.2, -0.15) is 5.10 Å². The minimum Gasteiger partial charge on any atom is -0.497 e. The summed E-state index contributed by atoms with van der Waals surface area (Å²) in [5, 5.41) is 6.70. The first-order valence-corrected chi connectivity index (χ1v) is 9.77. The zero-order valence-electron chi connectivity index (χ0n) is 18.0. The molecule has 2 amide bonds. The number of benzene rings is 2. The van der Waals surface area contributed by atoms with Crippen molar-refractivity contribution in [3.8, 4) is 5.75 Å². The van der Waals surface area contributed by atoms with Crippen LogP contribution in [-0.2, 0) is 20.7 Å². The molecule has 8 nitrogen and oxygen atoms in total. The van der Waals surface area contributed by atoms with Crippen LogP contribution < -0.4 is 15.5 Å². The van der Waals surface area contributed by atoms with Crippen LogP contribution in [0.5, 0.6) is 5.75 Å². The Kier molecular flexibility index (Phi) is 8.75. The number of carbonyl (C=O) groups is 3. The maximum Gasteiger partial charge on any atom is 0.337 e. The summed E-state index contributed by atoms with van der Waals surface area (Å²) in [5.74, 6) is -0.528. The van der Waals surface area contributed by atoms with Crippen molar-refractivity contribution < 1.29 is 23.9 Å². The van der Waals surface area contributed by atoms with Gasteiger partial charge in [0.05, 0.1) is 32.4 Å². The van der Waals surface area contributed by atoms with Gasteiger partial charge in [-0.25, -0.2) is 10.2 Å². The van der Waals surface area contributed by atoms with Crippen molar-refractivity contribution in [2.24, 2.45) is 11.0 Å². The second-order valence-electron chi connectivity index (χ2n) is 7.16. The molecule has 2 aromatic rings. The fourth-order valence-corrected chi connectivity index (χ4v) is 2.75. The SMILES string of the molecule is COC(=O)c1ccc(C=NNC(=O)C(NC(=O)Cc2ccc(OC)cc2)C(C)C)cc1. The molecular formula is C23H27N3O5. The van der Waals surface area contributed by atoms with E-state index in [0.717, 1.165) is 5.56 Å². The monoisotopic (exact) mass is 425 g/mol. The van der Waals surface area contributed by atoms with E-state index >= 15 is 0 Å². The number of carbonyl (C=O) groups excluding carboxylic acids is 3. The highest BCUT2D eigenvalue weighted by Gasteiger charge is 2.24. The molecule has 0 saturated heterocycles. The fraction of sp³-hybridized carbons (Fsp3) is 0.304. The van der Waals surface area contributed by atoms with Gasteiger partial charge in [-0.1, -0.05) is 38.1 Å². The third kappa shape index (κ3) is 7.26. The van der Waals surface area contributed by atoms with E-state index in [1.165, 1.54) is 13.3 Å². The lowest BCUT2D eigenvalue weighted by Crippen LogP contribution is -2.49. The largest absolute Gasteiger partial charge is 0.497 e. The second-order valence-corrected chi connectivity index (χ2v) is 7.16. The topological polar surface area (TPSA) is 106 Å². The summed E-state index contributed by atoms with van der Waals surface area (Å²) < 4.78 is 9.75. The molecule has 0 bridgehead atoms. The molecule has 2 aromatic carbocycles. The number of nitrogens with zero attached hydrogens (tertiary/aromatic N) is 1. The van der Waals surface area contributed by atoms with Crippen LogP contribution in [0.4, 0.5) is 0 Å². The zero-order valence-corrected chi connectivity index (χ0v) is 18.0. The highest BCUT2D eigenvalue weighted by atomic mass is 16.5. The van der Waals surface area contributed by atoms with Crippen molar-refractivity contribution in [2.45, 2.75) is 26.3 Å². The summed E-state index contributed by atoms with van der Waals surface area (Å²) in [5.41, 5.74) is 4.38. The Labute approximate surface area is 181 Å². The van der Waals surface area contributed by atoms with Crippen LogP contribution >= 0.6 is 0 Å². The van der Waals surface area contributed by atoms with E-state index in [0.29, 0.717) is 16.9 Å². The number of ether oxygens (including phenoxy) is 2. The van der Waals surface area contributed by atoms with Gasteiger partial charge >= 0.3 is 5.97 Å². The van der Waals surface area contributed by atoms with E-state index in [1.54, 1.807) is 55.6 Å². The lowest BCUT2D eigenvalue weighted by molar-refractivity contribution is -0.129. The quantitative estimate of drug-likeness (QED) is 0.364. The van der Waals surface area contributed by atoms with Gasteiger partial charge in [0.2, 0.25) is 5.91 Å². The normalized spacial score (nSPS) is 11.8. The van der Waals surface area contributed by atoms with Crippen LogP contribution in [0, 0.1) is 5.92 Å². The summed E-state index contributed by atoms with van der Waals surface area (Å²) in [4.78, 5) is 36.4. The van der Waals surface area contributed by atoms with E-state index in [2.05, 4.69) is 20.6 Å². The van der Waals surface area contributed by atoms with Gasteiger partial charge in [0.15, 0.2) is 0 Å². The number of esters is 1. The van der Waals surface area contributed by atoms with Gasteiger partial charge in [-0.05, 0) is 41.3 Å². The standard InChI is InChI=1S/C23H27N3O5/c1-15(2)21(25-20(27)13-16-7-11-19(30-3)12-8-16)22(28)26-24-14-17-5-9-18(10-6-17)23(29)31-4/h5-12,14-15,21H,13H2,1-4H3,(H,25,27)(H,26,28). The molecule has 0 fully saturated rings. The maximum atomic E-state index is 12.5. The smallest absolute Gasteiger partial charge is 0.337 e. The first kappa shape index (κ1) is 23.6. The van der Waals surface area contributed by atoms with Crippen LogP contribution in [0.3, 0.4) is 0 Å². The Morgan fingerprint density at radius 1 is 1.00 bits per heavy atom. The van der Waals surface area contributed by atoms with E-state index in [-0.39, 0.29) is 18.2 Å². The number of hydrogen-bond acceptors (Lipinski definition) is 6. The molecule has 0 radical (unpaired) electrons. The Morgan fingerprint density at radius 2 is 1.65 bits per heavy atom. The summed E-state index contributed by atoms with van der Waals surface area (Å²) in [6.07, 6.45) is 1.60. The Bertz CT molecular complexity index is 921. The Morgan fingerprint density at radius 3 is 2.19 bits per heavy atom. The molecule has 0 spiro atoms. The molecule has 0 aromatic heterocycles. The number of methoxy groups -OCH3 is 2. The van der Waals surface area contributed by atoms with Crippen LogP contribution in [0.1, 0.15) is 35.3 Å². The fourth-order valence-electron chi connectivity index (χ4n) is 2.75. The van der Waals surface area contributed by atoms with Crippen molar-refractivity contribution >= 4 is 24.0 Å². The van der Waals surface area contributed by atoms with Crippen LogP contribution in [0.25, 0.3) is 0 Å². The van der Waals surface area contributed by atoms with E-state index < -0.39 is 17.9 Å². The van der Waals surface area contributed by atoms with Gasteiger partial charge in [0.1, 0.15) is 11.8 Å². The number of amides is 2. The molecule has 0 heterocycles. The molecule has 2 N–H and O–H groups in total. The molecule has 31 heavy (non-hydrogen) atoms. The van der Waals surface area contributed by atoms with Gasteiger partial charge in [-0.3, -0.25) is 9.59 Å². The molecule has 0 aliphatic carbocycles. The predicted molar refractivity (Wildman–Crippen MR) is 117 cm³/mol. The average Bonchev–Trinajstić information content (AvgIpc) is 2.77. The third-order valence-corrected chi connectivity index (χ3v) is 4.51. The van der Waals surface area contributed by atoms with E-state index in [1.807, 2.05) is 13.8 Å². The molecule has 1 unspecified atom stereocenters. The molecule has 0 aliphatic rings. The number of hydrazone groups is 1. The second kappa shape index (κ2) is 11.5. The first-order chi connectivity index (χ1) is 14.8. The third-order valence-electron chi connectivity index (χ3n) is 4.51. The highest BCUT2D eigenvalue weighted by molar-refractivity contribution is 5.91. The number of hydrogen-bond donors (Lipinski definition) is 2. The maximum absolute atomic E-state index is 12.5. The van der Waals surface area contributed by atoms with Gasteiger partial charge in [0.25, 0.3) is 5.91 Å². The van der Waals surface area contributed by atoms with Gasteiger partial charge < -0.3 is 14.8 Å². The van der Waals surface area contributed by atoms with Crippen molar-refractivity contribution in [1.29, 1.82) is 0 Å². The summed E-state index contributed by atoms with van der Waals surface area (Å²) >= 11 is 0. The minimum atomic E-state index is -0.732. The molecule has 2 rings (SSSR count). The highest BCUT2D eigenvalue weighted by Crippen LogP contribution is 2.12. The minimum absolute atomic E-state index is 0.130. The van der Waals surface area contributed by atoms with E-state index in [9.17, 15) is 14.4 Å². The van der Waals surface area contributed by atoms with Crippen molar-refractivity contribution in [1.82, 2.24) is 10.7 Å². The molecule has 1 atom stereocenters.